The van der Waals surface area contributed by atoms with Crippen LogP contribution in [0.15, 0.2) is 12.3 Å². The molecule has 0 saturated heterocycles. The Morgan fingerprint density at radius 2 is 2.00 bits per heavy atom. The predicted octanol–water partition coefficient (Wildman–Crippen LogP) is 1.67. The first-order valence-electron chi connectivity index (χ1n) is 6.92. The van der Waals surface area contributed by atoms with E-state index in [4.69, 9.17) is 5.73 Å². The molecule has 1 atom stereocenters. The lowest BCUT2D eigenvalue weighted by Gasteiger charge is -2.21. The maximum Gasteiger partial charge on any atom is 0.270 e. The summed E-state index contributed by atoms with van der Waals surface area (Å²) in [7, 11) is 3.53. The average molecular weight is 279 g/mol. The molecule has 0 radical (unpaired) electrons. The lowest BCUT2D eigenvalue weighted by Crippen LogP contribution is -2.35. The monoisotopic (exact) mass is 279 g/mol. The van der Waals surface area contributed by atoms with Gasteiger partial charge in [0.2, 0.25) is 0 Å². The number of ketones is 1. The number of hydrogen-bond donors (Lipinski definition) is 1. The maximum absolute atomic E-state index is 12.3. The van der Waals surface area contributed by atoms with Crippen LogP contribution in [0.5, 0.6) is 0 Å². The number of nitrogens with two attached hydrogens (primary N) is 1. The fourth-order valence-corrected chi connectivity index (χ4v) is 1.94. The van der Waals surface area contributed by atoms with E-state index >= 15 is 0 Å². The second-order valence-electron chi connectivity index (χ2n) is 5.70. The van der Waals surface area contributed by atoms with E-state index < -0.39 is 0 Å². The predicted molar refractivity (Wildman–Crippen MR) is 79.8 cm³/mol. The highest BCUT2D eigenvalue weighted by molar-refractivity contribution is 5.99. The van der Waals surface area contributed by atoms with Gasteiger partial charge in [0.05, 0.1) is 0 Å². The quantitative estimate of drug-likeness (QED) is 0.805. The van der Waals surface area contributed by atoms with Crippen LogP contribution in [0, 0.1) is 5.92 Å². The molecule has 0 aromatic carbocycles. The highest BCUT2D eigenvalue weighted by Gasteiger charge is 2.18. The number of aromatic nitrogens is 1. The molecule has 1 unspecified atom stereocenters. The highest BCUT2D eigenvalue weighted by atomic mass is 16.2. The standard InChI is InChI=1S/C15H25N3O2/c1-10(2)13(16)6-7-17(4)15(20)14-8-12(11(3)19)9-18(14)5/h8-10,13H,6-7,16H2,1-5H3. The summed E-state index contributed by atoms with van der Waals surface area (Å²) in [6.07, 6.45) is 2.45. The van der Waals surface area contributed by atoms with Crippen molar-refractivity contribution in [2.75, 3.05) is 13.6 Å². The van der Waals surface area contributed by atoms with Crippen molar-refractivity contribution < 1.29 is 9.59 Å². The Labute approximate surface area is 120 Å². The lowest BCUT2D eigenvalue weighted by molar-refractivity contribution is 0.0779. The van der Waals surface area contributed by atoms with Crippen molar-refractivity contribution in [3.05, 3.63) is 23.5 Å². The Hall–Kier alpha value is -1.62. The molecule has 1 aromatic rings. The van der Waals surface area contributed by atoms with Crippen LogP contribution in [0.2, 0.25) is 0 Å². The SMILES string of the molecule is CC(=O)c1cc(C(=O)N(C)CCC(N)C(C)C)n(C)c1. The Balaban J connectivity index is 2.72. The number of amides is 1. The van der Waals surface area contributed by atoms with Gasteiger partial charge in [-0.25, -0.2) is 0 Å². The maximum atomic E-state index is 12.3. The van der Waals surface area contributed by atoms with Gasteiger partial charge in [0.15, 0.2) is 5.78 Å². The molecule has 5 nitrogen and oxygen atoms in total. The lowest BCUT2D eigenvalue weighted by atomic mass is 10.0. The van der Waals surface area contributed by atoms with Crippen LogP contribution in [0.4, 0.5) is 0 Å². The minimum Gasteiger partial charge on any atom is -0.346 e. The van der Waals surface area contributed by atoms with Crippen molar-refractivity contribution in [1.82, 2.24) is 9.47 Å². The van der Waals surface area contributed by atoms with Gasteiger partial charge in [-0.1, -0.05) is 13.8 Å². The summed E-state index contributed by atoms with van der Waals surface area (Å²) in [5.74, 6) is 0.276. The molecule has 0 aliphatic carbocycles. The zero-order valence-electron chi connectivity index (χ0n) is 13.0. The van der Waals surface area contributed by atoms with Crippen molar-refractivity contribution in [3.8, 4) is 0 Å². The highest BCUT2D eigenvalue weighted by Crippen LogP contribution is 2.11. The van der Waals surface area contributed by atoms with Gasteiger partial charge in [0, 0.05) is 38.4 Å². The van der Waals surface area contributed by atoms with Crippen molar-refractivity contribution in [2.24, 2.45) is 18.7 Å². The topological polar surface area (TPSA) is 68.3 Å². The van der Waals surface area contributed by atoms with Gasteiger partial charge in [-0.3, -0.25) is 9.59 Å². The van der Waals surface area contributed by atoms with Crippen LogP contribution in [0.25, 0.3) is 0 Å². The molecule has 0 spiro atoms. The number of rotatable bonds is 6. The number of Topliss-reactive ketones (excluding diaryl/α,β-unsaturated/α-hetero) is 1. The van der Waals surface area contributed by atoms with Gasteiger partial charge < -0.3 is 15.2 Å². The van der Waals surface area contributed by atoms with Crippen molar-refractivity contribution in [1.29, 1.82) is 0 Å². The summed E-state index contributed by atoms with van der Waals surface area (Å²) in [6, 6.07) is 1.73. The minimum atomic E-state index is -0.0871. The molecule has 2 N–H and O–H groups in total. The molecule has 0 aliphatic heterocycles. The van der Waals surface area contributed by atoms with Gasteiger partial charge in [-0.05, 0) is 25.3 Å². The van der Waals surface area contributed by atoms with Crippen LogP contribution in [0.1, 0.15) is 48.0 Å². The fraction of sp³-hybridized carbons (Fsp3) is 0.600. The van der Waals surface area contributed by atoms with Crippen LogP contribution >= 0.6 is 0 Å². The zero-order valence-corrected chi connectivity index (χ0v) is 13.0. The molecule has 5 heteroatoms. The van der Waals surface area contributed by atoms with Crippen molar-refractivity contribution >= 4 is 11.7 Å². The average Bonchev–Trinajstić information content (AvgIpc) is 2.76. The second kappa shape index (κ2) is 6.70. The number of carbonyl (C=O) groups excluding carboxylic acids is 2. The molecule has 0 aliphatic rings. The Bertz CT molecular complexity index is 491. The normalized spacial score (nSPS) is 12.6. The first-order chi connectivity index (χ1) is 9.23. The van der Waals surface area contributed by atoms with Gasteiger partial charge in [-0.2, -0.15) is 0 Å². The summed E-state index contributed by atoms with van der Waals surface area (Å²) >= 11 is 0. The van der Waals surface area contributed by atoms with E-state index in [2.05, 4.69) is 13.8 Å². The molecular weight excluding hydrogens is 254 g/mol. The van der Waals surface area contributed by atoms with Crippen LogP contribution < -0.4 is 5.73 Å². The van der Waals surface area contributed by atoms with E-state index in [-0.39, 0.29) is 17.7 Å². The zero-order chi connectivity index (χ0) is 15.4. The van der Waals surface area contributed by atoms with Gasteiger partial charge in [0.1, 0.15) is 5.69 Å². The summed E-state index contributed by atoms with van der Waals surface area (Å²) in [4.78, 5) is 25.3. The molecule has 0 fully saturated rings. The van der Waals surface area contributed by atoms with Crippen molar-refractivity contribution in [2.45, 2.75) is 33.2 Å². The molecular formula is C15H25N3O2. The molecule has 1 rings (SSSR count). The first-order valence-corrected chi connectivity index (χ1v) is 6.92. The number of hydrogen-bond acceptors (Lipinski definition) is 3. The van der Waals surface area contributed by atoms with Crippen LogP contribution in [-0.2, 0) is 7.05 Å². The van der Waals surface area contributed by atoms with Gasteiger partial charge in [-0.15, -0.1) is 0 Å². The third kappa shape index (κ3) is 3.93. The molecule has 0 saturated carbocycles. The smallest absolute Gasteiger partial charge is 0.270 e. The second-order valence-corrected chi connectivity index (χ2v) is 5.70. The molecule has 1 heterocycles. The van der Waals surface area contributed by atoms with E-state index in [1.807, 2.05) is 0 Å². The number of carbonyl (C=O) groups is 2. The van der Waals surface area contributed by atoms with E-state index in [0.29, 0.717) is 23.7 Å². The third-order valence-corrected chi connectivity index (χ3v) is 3.63. The van der Waals surface area contributed by atoms with Crippen LogP contribution in [0.3, 0.4) is 0 Å². The summed E-state index contributed by atoms with van der Waals surface area (Å²) in [5.41, 5.74) is 7.07. The van der Waals surface area contributed by atoms with Gasteiger partial charge in [0.25, 0.3) is 5.91 Å². The molecule has 112 valence electrons. The third-order valence-electron chi connectivity index (χ3n) is 3.63. The molecule has 0 bridgehead atoms. The van der Waals surface area contributed by atoms with E-state index in [9.17, 15) is 9.59 Å². The molecule has 1 amide bonds. The Morgan fingerprint density at radius 1 is 1.40 bits per heavy atom. The minimum absolute atomic E-state index is 0.0378. The molecule has 1 aromatic heterocycles. The summed E-state index contributed by atoms with van der Waals surface area (Å²) in [5, 5.41) is 0. The van der Waals surface area contributed by atoms with Crippen molar-refractivity contribution in [3.63, 3.8) is 0 Å². The fourth-order valence-electron chi connectivity index (χ4n) is 1.94. The molecule has 20 heavy (non-hydrogen) atoms. The van der Waals surface area contributed by atoms with E-state index in [1.54, 1.807) is 35.8 Å². The summed E-state index contributed by atoms with van der Waals surface area (Å²) < 4.78 is 1.69. The van der Waals surface area contributed by atoms with Crippen LogP contribution in [-0.4, -0.2) is 40.8 Å². The van der Waals surface area contributed by atoms with E-state index in [0.717, 1.165) is 6.42 Å². The number of aryl methyl sites for hydroxylation is 1. The largest absolute Gasteiger partial charge is 0.346 e. The Morgan fingerprint density at radius 3 is 2.45 bits per heavy atom. The first kappa shape index (κ1) is 16.4. The Kier molecular flexibility index (Phi) is 5.51. The summed E-state index contributed by atoms with van der Waals surface area (Å²) in [6.45, 7) is 6.25. The van der Waals surface area contributed by atoms with Gasteiger partial charge >= 0.3 is 0 Å². The number of nitrogens with zero attached hydrogens (tertiary/aromatic N) is 2. The van der Waals surface area contributed by atoms with E-state index in [1.165, 1.54) is 6.92 Å².